The summed E-state index contributed by atoms with van der Waals surface area (Å²) in [5.74, 6) is 0.573. The van der Waals surface area contributed by atoms with E-state index in [0.717, 1.165) is 11.3 Å². The van der Waals surface area contributed by atoms with Gasteiger partial charge in [0.1, 0.15) is 6.07 Å². The van der Waals surface area contributed by atoms with E-state index in [1.54, 1.807) is 6.20 Å². The van der Waals surface area contributed by atoms with Crippen molar-refractivity contribution in [2.45, 2.75) is 6.92 Å². The first-order valence-corrected chi connectivity index (χ1v) is 5.24. The fourth-order valence-electron chi connectivity index (χ4n) is 1.71. The van der Waals surface area contributed by atoms with Crippen LogP contribution in [0.4, 0.5) is 11.5 Å². The minimum atomic E-state index is 0.332. The van der Waals surface area contributed by atoms with Gasteiger partial charge in [0, 0.05) is 25.1 Å². The highest BCUT2D eigenvalue weighted by Crippen LogP contribution is 2.25. The highest BCUT2D eigenvalue weighted by molar-refractivity contribution is 5.65. The molecule has 84 valence electrons. The summed E-state index contributed by atoms with van der Waals surface area (Å²) in [5, 5.41) is 9.00. The number of rotatable bonds is 2. The molecule has 0 atom stereocenters. The van der Waals surface area contributed by atoms with Gasteiger partial charge in [0.25, 0.3) is 0 Å². The first-order valence-electron chi connectivity index (χ1n) is 5.24. The topological polar surface area (TPSA) is 52.8 Å². The first-order chi connectivity index (χ1) is 8.24. The highest BCUT2D eigenvalue weighted by Gasteiger charge is 2.12. The van der Waals surface area contributed by atoms with Crippen LogP contribution in [0.5, 0.6) is 0 Å². The van der Waals surface area contributed by atoms with Crippen LogP contribution in [0.2, 0.25) is 0 Å². The van der Waals surface area contributed by atoms with Crippen LogP contribution in [0.1, 0.15) is 11.3 Å². The molecule has 1 aromatic heterocycles. The molecule has 0 aliphatic rings. The molecule has 4 heteroatoms. The third-order valence-corrected chi connectivity index (χ3v) is 2.58. The first kappa shape index (κ1) is 11.1. The molecule has 0 aliphatic heterocycles. The van der Waals surface area contributed by atoms with Gasteiger partial charge < -0.3 is 4.90 Å². The van der Waals surface area contributed by atoms with E-state index in [1.165, 1.54) is 6.20 Å². The Labute approximate surface area is 100 Å². The fraction of sp³-hybridized carbons (Fsp3) is 0.154. The van der Waals surface area contributed by atoms with Crippen LogP contribution in [0.3, 0.4) is 0 Å². The molecule has 0 fully saturated rings. The van der Waals surface area contributed by atoms with Crippen molar-refractivity contribution >= 4 is 11.5 Å². The Hall–Kier alpha value is -2.41. The predicted molar refractivity (Wildman–Crippen MR) is 66.0 cm³/mol. The highest BCUT2D eigenvalue weighted by atomic mass is 15.2. The monoisotopic (exact) mass is 224 g/mol. The molecule has 0 saturated carbocycles. The summed E-state index contributed by atoms with van der Waals surface area (Å²) >= 11 is 0. The molecule has 1 heterocycles. The van der Waals surface area contributed by atoms with E-state index in [-0.39, 0.29) is 0 Å². The molecule has 0 bridgehead atoms. The van der Waals surface area contributed by atoms with Gasteiger partial charge in [-0.2, -0.15) is 5.26 Å². The molecule has 0 spiro atoms. The molecular weight excluding hydrogens is 212 g/mol. The summed E-state index contributed by atoms with van der Waals surface area (Å²) in [5.41, 5.74) is 2.48. The van der Waals surface area contributed by atoms with E-state index in [1.807, 2.05) is 43.1 Å². The molecule has 2 aromatic rings. The maximum absolute atomic E-state index is 9.00. The van der Waals surface area contributed by atoms with Crippen LogP contribution in [0, 0.1) is 18.3 Å². The van der Waals surface area contributed by atoms with Gasteiger partial charge in [-0.1, -0.05) is 18.2 Å². The number of para-hydroxylation sites is 1. The maximum atomic E-state index is 9.00. The SMILES string of the molecule is Cc1ccccc1N(C)c1nccnc1C#N. The zero-order valence-corrected chi connectivity index (χ0v) is 9.75. The molecule has 1 aromatic carbocycles. The number of hydrogen-bond donors (Lipinski definition) is 0. The van der Waals surface area contributed by atoms with Crippen molar-refractivity contribution in [3.8, 4) is 6.07 Å². The predicted octanol–water partition coefficient (Wildman–Crippen LogP) is 2.42. The van der Waals surface area contributed by atoms with Crippen molar-refractivity contribution in [2.24, 2.45) is 0 Å². The lowest BCUT2D eigenvalue weighted by molar-refractivity contribution is 1.06. The van der Waals surface area contributed by atoms with Crippen LogP contribution in [0.15, 0.2) is 36.7 Å². The van der Waals surface area contributed by atoms with Gasteiger partial charge in [-0.05, 0) is 18.6 Å². The second-order valence-corrected chi connectivity index (χ2v) is 3.69. The Morgan fingerprint density at radius 3 is 2.59 bits per heavy atom. The van der Waals surface area contributed by atoms with E-state index >= 15 is 0 Å². The van der Waals surface area contributed by atoms with Crippen molar-refractivity contribution in [3.63, 3.8) is 0 Å². The van der Waals surface area contributed by atoms with Crippen LogP contribution < -0.4 is 4.90 Å². The summed E-state index contributed by atoms with van der Waals surface area (Å²) < 4.78 is 0. The number of aromatic nitrogens is 2. The Bertz CT molecular complexity index is 572. The average Bonchev–Trinajstić information content (AvgIpc) is 2.38. The molecular formula is C13H12N4. The summed E-state index contributed by atoms with van der Waals surface area (Å²) in [4.78, 5) is 10.1. The minimum Gasteiger partial charge on any atom is -0.327 e. The van der Waals surface area contributed by atoms with E-state index in [2.05, 4.69) is 16.0 Å². The van der Waals surface area contributed by atoms with Gasteiger partial charge in [-0.3, -0.25) is 0 Å². The van der Waals surface area contributed by atoms with Crippen molar-refractivity contribution < 1.29 is 0 Å². The fourth-order valence-corrected chi connectivity index (χ4v) is 1.71. The molecule has 17 heavy (non-hydrogen) atoms. The molecule has 0 amide bonds. The van der Waals surface area contributed by atoms with Gasteiger partial charge in [0.15, 0.2) is 11.5 Å². The molecule has 0 saturated heterocycles. The van der Waals surface area contributed by atoms with Gasteiger partial charge in [0.05, 0.1) is 0 Å². The average molecular weight is 224 g/mol. The smallest absolute Gasteiger partial charge is 0.183 e. The maximum Gasteiger partial charge on any atom is 0.183 e. The van der Waals surface area contributed by atoms with Crippen molar-refractivity contribution in [3.05, 3.63) is 47.9 Å². The van der Waals surface area contributed by atoms with E-state index in [4.69, 9.17) is 5.26 Å². The van der Waals surface area contributed by atoms with Crippen LogP contribution in [-0.2, 0) is 0 Å². The summed E-state index contributed by atoms with van der Waals surface area (Å²) in [6.07, 6.45) is 3.11. The second-order valence-electron chi connectivity index (χ2n) is 3.69. The van der Waals surface area contributed by atoms with Gasteiger partial charge in [-0.15, -0.1) is 0 Å². The van der Waals surface area contributed by atoms with E-state index in [0.29, 0.717) is 11.5 Å². The quantitative estimate of drug-likeness (QED) is 0.786. The Kier molecular flexibility index (Phi) is 3.01. The second kappa shape index (κ2) is 4.62. The zero-order valence-electron chi connectivity index (χ0n) is 9.75. The lowest BCUT2D eigenvalue weighted by Gasteiger charge is -2.20. The number of anilines is 2. The normalized spacial score (nSPS) is 9.71. The number of nitriles is 1. The number of hydrogen-bond acceptors (Lipinski definition) is 4. The van der Waals surface area contributed by atoms with Gasteiger partial charge in [-0.25, -0.2) is 9.97 Å². The van der Waals surface area contributed by atoms with Crippen LogP contribution in [-0.4, -0.2) is 17.0 Å². The van der Waals surface area contributed by atoms with Crippen molar-refractivity contribution in [2.75, 3.05) is 11.9 Å². The van der Waals surface area contributed by atoms with E-state index in [9.17, 15) is 0 Å². The largest absolute Gasteiger partial charge is 0.327 e. The van der Waals surface area contributed by atoms with Crippen LogP contribution >= 0.6 is 0 Å². The number of aryl methyl sites for hydroxylation is 1. The summed E-state index contributed by atoms with van der Waals surface area (Å²) in [6.45, 7) is 2.02. The third kappa shape index (κ3) is 2.08. The lowest BCUT2D eigenvalue weighted by Crippen LogP contribution is -2.14. The molecule has 4 nitrogen and oxygen atoms in total. The van der Waals surface area contributed by atoms with E-state index < -0.39 is 0 Å². The van der Waals surface area contributed by atoms with Gasteiger partial charge >= 0.3 is 0 Å². The number of benzene rings is 1. The Morgan fingerprint density at radius 1 is 1.18 bits per heavy atom. The van der Waals surface area contributed by atoms with Crippen LogP contribution in [0.25, 0.3) is 0 Å². The lowest BCUT2D eigenvalue weighted by atomic mass is 10.2. The standard InChI is InChI=1S/C13H12N4/c1-10-5-3-4-6-12(10)17(2)13-11(9-14)15-7-8-16-13/h3-8H,1-2H3. The Morgan fingerprint density at radius 2 is 1.88 bits per heavy atom. The molecule has 0 radical (unpaired) electrons. The summed E-state index contributed by atoms with van der Waals surface area (Å²) in [6, 6.07) is 10.0. The summed E-state index contributed by atoms with van der Waals surface area (Å²) in [7, 11) is 1.88. The molecule has 2 rings (SSSR count). The zero-order chi connectivity index (χ0) is 12.3. The Balaban J connectivity index is 2.48. The third-order valence-electron chi connectivity index (χ3n) is 2.58. The van der Waals surface area contributed by atoms with Crippen molar-refractivity contribution in [1.82, 2.24) is 9.97 Å². The van der Waals surface area contributed by atoms with Gasteiger partial charge in [0.2, 0.25) is 0 Å². The molecule has 0 N–H and O–H groups in total. The minimum absolute atomic E-state index is 0.332. The molecule has 0 unspecified atom stereocenters. The number of nitrogens with zero attached hydrogens (tertiary/aromatic N) is 4. The molecule has 0 aliphatic carbocycles. The van der Waals surface area contributed by atoms with Crippen molar-refractivity contribution in [1.29, 1.82) is 5.26 Å².